The van der Waals surface area contributed by atoms with E-state index < -0.39 is 24.0 Å². The number of rotatable bonds is 9. The molecule has 0 bridgehead atoms. The van der Waals surface area contributed by atoms with Crippen molar-refractivity contribution < 1.29 is 36.6 Å². The first kappa shape index (κ1) is 22.9. The van der Waals surface area contributed by atoms with E-state index in [-0.39, 0.29) is 23.7 Å². The first-order chi connectivity index (χ1) is 15.4. The SMILES string of the molecule is COc1ccc(/C=C/C(=O)c2cccc(OC(F)F)c2)cc1COc1ccc(F)cc1F. The van der Waals surface area contributed by atoms with Gasteiger partial charge in [0.1, 0.15) is 23.9 Å². The summed E-state index contributed by atoms with van der Waals surface area (Å²) in [6.45, 7) is -3.05. The lowest BCUT2D eigenvalue weighted by Crippen LogP contribution is -2.03. The standard InChI is InChI=1S/C24H18F4O4/c1-30-22-9-6-15(11-17(22)14-31-23-10-7-18(25)13-20(23)26)5-8-21(29)16-3-2-4-19(12-16)32-24(27)28/h2-13,24H,14H2,1H3/b8-5+. The molecule has 0 amide bonds. The van der Waals surface area contributed by atoms with E-state index in [9.17, 15) is 22.4 Å². The third kappa shape index (κ3) is 6.10. The van der Waals surface area contributed by atoms with Gasteiger partial charge >= 0.3 is 6.61 Å². The first-order valence-electron chi connectivity index (χ1n) is 9.38. The van der Waals surface area contributed by atoms with Crippen molar-refractivity contribution in [2.45, 2.75) is 13.2 Å². The third-order valence-corrected chi connectivity index (χ3v) is 4.35. The van der Waals surface area contributed by atoms with Gasteiger partial charge in [0.2, 0.25) is 0 Å². The van der Waals surface area contributed by atoms with Crippen molar-refractivity contribution >= 4 is 11.9 Å². The van der Waals surface area contributed by atoms with E-state index in [0.717, 1.165) is 12.1 Å². The van der Waals surface area contributed by atoms with Crippen LogP contribution in [0.25, 0.3) is 6.08 Å². The molecule has 166 valence electrons. The van der Waals surface area contributed by atoms with Gasteiger partial charge in [0.15, 0.2) is 17.3 Å². The Morgan fingerprint density at radius 2 is 1.78 bits per heavy atom. The Bertz CT molecular complexity index is 1130. The number of hydrogen-bond donors (Lipinski definition) is 0. The second-order valence-electron chi connectivity index (χ2n) is 6.54. The van der Waals surface area contributed by atoms with Gasteiger partial charge in [0.25, 0.3) is 0 Å². The Hall–Kier alpha value is -3.81. The summed E-state index contributed by atoms with van der Waals surface area (Å²) < 4.78 is 66.5. The maximum atomic E-state index is 13.8. The van der Waals surface area contributed by atoms with E-state index >= 15 is 0 Å². The molecule has 0 aliphatic heterocycles. The fourth-order valence-electron chi connectivity index (χ4n) is 2.86. The maximum absolute atomic E-state index is 13.8. The Morgan fingerprint density at radius 3 is 2.50 bits per heavy atom. The van der Waals surface area contributed by atoms with Gasteiger partial charge in [-0.2, -0.15) is 8.78 Å². The van der Waals surface area contributed by atoms with Crippen molar-refractivity contribution in [3.8, 4) is 17.2 Å². The van der Waals surface area contributed by atoms with E-state index in [0.29, 0.717) is 16.9 Å². The lowest BCUT2D eigenvalue weighted by Gasteiger charge is -2.12. The summed E-state index contributed by atoms with van der Waals surface area (Å²) in [6, 6.07) is 13.5. The number of ether oxygens (including phenoxy) is 3. The van der Waals surface area contributed by atoms with Crippen LogP contribution in [0.1, 0.15) is 21.5 Å². The Labute approximate surface area is 181 Å². The molecule has 0 aliphatic rings. The van der Waals surface area contributed by atoms with Crippen LogP contribution in [0.4, 0.5) is 17.6 Å². The highest BCUT2D eigenvalue weighted by Crippen LogP contribution is 2.25. The van der Waals surface area contributed by atoms with E-state index in [4.69, 9.17) is 9.47 Å². The highest BCUT2D eigenvalue weighted by atomic mass is 19.3. The molecule has 0 atom stereocenters. The van der Waals surface area contributed by atoms with E-state index in [1.807, 2.05) is 0 Å². The van der Waals surface area contributed by atoms with Crippen LogP contribution in [0.5, 0.6) is 17.2 Å². The third-order valence-electron chi connectivity index (χ3n) is 4.35. The van der Waals surface area contributed by atoms with Gasteiger partial charge in [0, 0.05) is 17.2 Å². The molecule has 0 radical (unpaired) electrons. The molecule has 0 N–H and O–H groups in total. The van der Waals surface area contributed by atoms with Crippen molar-refractivity contribution in [1.82, 2.24) is 0 Å². The van der Waals surface area contributed by atoms with E-state index in [1.54, 1.807) is 18.2 Å². The lowest BCUT2D eigenvalue weighted by molar-refractivity contribution is -0.0498. The van der Waals surface area contributed by atoms with Crippen LogP contribution < -0.4 is 14.2 Å². The fourth-order valence-corrected chi connectivity index (χ4v) is 2.86. The zero-order valence-corrected chi connectivity index (χ0v) is 16.9. The summed E-state index contributed by atoms with van der Waals surface area (Å²) in [5, 5.41) is 0. The summed E-state index contributed by atoms with van der Waals surface area (Å²) in [7, 11) is 1.46. The molecule has 8 heteroatoms. The first-order valence-corrected chi connectivity index (χ1v) is 9.38. The highest BCUT2D eigenvalue weighted by Gasteiger charge is 2.10. The molecule has 0 aromatic heterocycles. The molecule has 0 heterocycles. The summed E-state index contributed by atoms with van der Waals surface area (Å²) in [5.74, 6) is -1.70. The van der Waals surface area contributed by atoms with Gasteiger partial charge in [-0.1, -0.05) is 24.3 Å². The molecule has 0 fully saturated rings. The minimum Gasteiger partial charge on any atom is -0.496 e. The van der Waals surface area contributed by atoms with Crippen molar-refractivity contribution in [1.29, 1.82) is 0 Å². The number of ketones is 1. The summed E-state index contributed by atoms with van der Waals surface area (Å²) in [6.07, 6.45) is 2.82. The van der Waals surface area contributed by atoms with Gasteiger partial charge in [-0.05, 0) is 48.0 Å². The molecule has 4 nitrogen and oxygen atoms in total. The minimum absolute atomic E-state index is 0.0611. The van der Waals surface area contributed by atoms with Crippen LogP contribution in [-0.2, 0) is 6.61 Å². The average molecular weight is 446 g/mol. The minimum atomic E-state index is -2.99. The normalized spacial score (nSPS) is 11.1. The zero-order valence-electron chi connectivity index (χ0n) is 16.9. The second kappa shape index (κ2) is 10.5. The summed E-state index contributed by atoms with van der Waals surface area (Å²) in [5.41, 5.74) is 1.37. The van der Waals surface area contributed by atoms with Gasteiger partial charge in [0.05, 0.1) is 7.11 Å². The number of alkyl halides is 2. The van der Waals surface area contributed by atoms with Crippen LogP contribution >= 0.6 is 0 Å². The van der Waals surface area contributed by atoms with E-state index in [2.05, 4.69) is 4.74 Å². The highest BCUT2D eigenvalue weighted by molar-refractivity contribution is 6.07. The number of hydrogen-bond acceptors (Lipinski definition) is 4. The predicted molar refractivity (Wildman–Crippen MR) is 110 cm³/mol. The van der Waals surface area contributed by atoms with Crippen LogP contribution in [0.3, 0.4) is 0 Å². The van der Waals surface area contributed by atoms with Gasteiger partial charge in [-0.25, -0.2) is 8.78 Å². The molecule has 0 spiro atoms. The second-order valence-corrected chi connectivity index (χ2v) is 6.54. The molecule has 3 aromatic rings. The Kier molecular flexibility index (Phi) is 7.49. The smallest absolute Gasteiger partial charge is 0.387 e. The predicted octanol–water partition coefficient (Wildman–Crippen LogP) is 6.05. The monoisotopic (exact) mass is 446 g/mol. The van der Waals surface area contributed by atoms with Gasteiger partial charge < -0.3 is 14.2 Å². The Morgan fingerprint density at radius 1 is 1.00 bits per heavy atom. The molecule has 3 aromatic carbocycles. The van der Waals surface area contributed by atoms with Gasteiger partial charge in [-0.15, -0.1) is 0 Å². The van der Waals surface area contributed by atoms with Gasteiger partial charge in [-0.3, -0.25) is 4.79 Å². The molecular weight excluding hydrogens is 428 g/mol. The molecule has 0 aliphatic carbocycles. The average Bonchev–Trinajstić information content (AvgIpc) is 2.76. The fraction of sp³-hybridized carbons (Fsp3) is 0.125. The topological polar surface area (TPSA) is 44.8 Å². The summed E-state index contributed by atoms with van der Waals surface area (Å²) in [4.78, 5) is 12.4. The van der Waals surface area contributed by atoms with Crippen LogP contribution in [0.2, 0.25) is 0 Å². The van der Waals surface area contributed by atoms with Crippen molar-refractivity contribution in [3.63, 3.8) is 0 Å². The van der Waals surface area contributed by atoms with Crippen molar-refractivity contribution in [2.75, 3.05) is 7.11 Å². The maximum Gasteiger partial charge on any atom is 0.387 e. The van der Waals surface area contributed by atoms with Crippen molar-refractivity contribution in [3.05, 3.63) is 95.1 Å². The molecule has 0 saturated heterocycles. The number of methoxy groups -OCH3 is 1. The number of benzene rings is 3. The number of carbonyl (C=O) groups excluding carboxylic acids is 1. The quantitative estimate of drug-likeness (QED) is 0.228. The van der Waals surface area contributed by atoms with Crippen LogP contribution in [0, 0.1) is 11.6 Å². The molecule has 32 heavy (non-hydrogen) atoms. The van der Waals surface area contributed by atoms with Crippen LogP contribution in [0.15, 0.2) is 66.7 Å². The largest absolute Gasteiger partial charge is 0.496 e. The van der Waals surface area contributed by atoms with E-state index in [1.165, 1.54) is 49.6 Å². The molecule has 3 rings (SSSR count). The zero-order chi connectivity index (χ0) is 23.1. The molecule has 0 unspecified atom stereocenters. The number of carbonyl (C=O) groups is 1. The lowest BCUT2D eigenvalue weighted by atomic mass is 10.1. The summed E-state index contributed by atoms with van der Waals surface area (Å²) >= 11 is 0. The van der Waals surface area contributed by atoms with Crippen LogP contribution in [-0.4, -0.2) is 19.5 Å². The number of allylic oxidation sites excluding steroid dienone is 1. The Balaban J connectivity index is 1.74. The molecular formula is C24H18F4O4. The number of halogens is 4. The molecule has 0 saturated carbocycles. The van der Waals surface area contributed by atoms with Crippen molar-refractivity contribution in [2.24, 2.45) is 0 Å².